The van der Waals surface area contributed by atoms with Crippen LogP contribution in [0.25, 0.3) is 22.4 Å². The number of aromatic hydroxyl groups is 1. The van der Waals surface area contributed by atoms with Gasteiger partial charge < -0.3 is 10.8 Å². The molecule has 0 spiro atoms. The molecule has 23 heavy (non-hydrogen) atoms. The molecule has 0 atom stereocenters. The van der Waals surface area contributed by atoms with Crippen molar-refractivity contribution in [2.75, 3.05) is 0 Å². The Morgan fingerprint density at radius 3 is 2.57 bits per heavy atom. The molecule has 114 valence electrons. The quantitative estimate of drug-likeness (QED) is 0.502. The number of pyridine rings is 1. The molecule has 0 amide bonds. The third-order valence-corrected chi connectivity index (χ3v) is 3.74. The largest absolute Gasteiger partial charge is 0.507 e. The van der Waals surface area contributed by atoms with Crippen LogP contribution in [0.3, 0.4) is 0 Å². The number of hydrogen-bond donors (Lipinski definition) is 3. The predicted octanol–water partition coefficient (Wildman–Crippen LogP) is 4.06. The molecule has 2 aromatic carbocycles. The van der Waals surface area contributed by atoms with E-state index in [0.29, 0.717) is 10.6 Å². The van der Waals surface area contributed by atoms with Gasteiger partial charge in [-0.3, -0.25) is 10.4 Å². The fourth-order valence-electron chi connectivity index (χ4n) is 2.43. The van der Waals surface area contributed by atoms with E-state index in [1.807, 2.05) is 36.4 Å². The van der Waals surface area contributed by atoms with Crippen LogP contribution < -0.4 is 5.73 Å². The van der Waals surface area contributed by atoms with Gasteiger partial charge in [-0.05, 0) is 35.9 Å². The maximum absolute atomic E-state index is 10.1. The third-order valence-electron chi connectivity index (χ3n) is 3.50. The second-order valence-electron chi connectivity index (χ2n) is 5.06. The van der Waals surface area contributed by atoms with Crippen LogP contribution in [0, 0.1) is 5.41 Å². The number of nitrogen functional groups attached to an aromatic ring is 1. The minimum atomic E-state index is -0.171. The molecule has 0 fully saturated rings. The van der Waals surface area contributed by atoms with Crippen LogP contribution >= 0.6 is 11.6 Å². The molecule has 0 aliphatic carbocycles. The number of benzene rings is 2. The summed E-state index contributed by atoms with van der Waals surface area (Å²) in [6.45, 7) is 0. The van der Waals surface area contributed by atoms with E-state index in [1.54, 1.807) is 24.4 Å². The maximum Gasteiger partial charge on any atom is 0.127 e. The first-order valence-electron chi connectivity index (χ1n) is 6.95. The van der Waals surface area contributed by atoms with Crippen molar-refractivity contribution in [3.05, 3.63) is 71.4 Å². The second kappa shape index (κ2) is 6.10. The van der Waals surface area contributed by atoms with Crippen molar-refractivity contribution in [3.8, 4) is 28.1 Å². The maximum atomic E-state index is 10.1. The van der Waals surface area contributed by atoms with Crippen molar-refractivity contribution in [2.45, 2.75) is 0 Å². The average molecular weight is 324 g/mol. The first-order chi connectivity index (χ1) is 11.1. The summed E-state index contributed by atoms with van der Waals surface area (Å²) in [5.74, 6) is -0.203. The van der Waals surface area contributed by atoms with Crippen LogP contribution in [-0.4, -0.2) is 15.9 Å². The Morgan fingerprint density at radius 2 is 1.87 bits per heavy atom. The highest BCUT2D eigenvalue weighted by atomic mass is 35.5. The lowest BCUT2D eigenvalue weighted by Gasteiger charge is -2.11. The molecule has 0 aliphatic rings. The molecule has 0 saturated heterocycles. The fourth-order valence-corrected chi connectivity index (χ4v) is 2.62. The van der Waals surface area contributed by atoms with E-state index in [0.717, 1.165) is 22.4 Å². The zero-order valence-corrected chi connectivity index (χ0v) is 12.9. The van der Waals surface area contributed by atoms with E-state index in [-0.39, 0.29) is 11.6 Å². The summed E-state index contributed by atoms with van der Waals surface area (Å²) in [5.41, 5.74) is 9.05. The first-order valence-corrected chi connectivity index (χ1v) is 7.33. The molecule has 1 aromatic heterocycles. The summed E-state index contributed by atoms with van der Waals surface area (Å²) in [6.07, 6.45) is 1.71. The number of nitrogens with two attached hydrogens (primary N) is 1. The van der Waals surface area contributed by atoms with E-state index in [9.17, 15) is 5.11 Å². The van der Waals surface area contributed by atoms with Gasteiger partial charge in [-0.1, -0.05) is 35.9 Å². The van der Waals surface area contributed by atoms with Crippen LogP contribution in [-0.2, 0) is 0 Å². The molecular weight excluding hydrogens is 310 g/mol. The molecule has 0 radical (unpaired) electrons. The smallest absolute Gasteiger partial charge is 0.127 e. The summed E-state index contributed by atoms with van der Waals surface area (Å²) in [6, 6.07) is 16.2. The highest BCUT2D eigenvalue weighted by Crippen LogP contribution is 2.33. The monoisotopic (exact) mass is 323 g/mol. The summed E-state index contributed by atoms with van der Waals surface area (Å²) in [7, 11) is 0. The zero-order chi connectivity index (χ0) is 16.4. The Kier molecular flexibility index (Phi) is 4.00. The van der Waals surface area contributed by atoms with E-state index in [4.69, 9.17) is 22.7 Å². The topological polar surface area (TPSA) is 83.0 Å². The Labute approximate surface area is 138 Å². The Hall–Kier alpha value is -2.85. The molecule has 3 aromatic rings. The van der Waals surface area contributed by atoms with E-state index >= 15 is 0 Å². The average Bonchev–Trinajstić information content (AvgIpc) is 2.54. The number of aromatic nitrogens is 1. The normalized spacial score (nSPS) is 10.5. The molecule has 0 saturated carbocycles. The minimum Gasteiger partial charge on any atom is -0.507 e. The van der Waals surface area contributed by atoms with Gasteiger partial charge in [0.25, 0.3) is 0 Å². The lowest BCUT2D eigenvalue weighted by molar-refractivity contribution is 0.474. The number of rotatable bonds is 3. The van der Waals surface area contributed by atoms with Crippen LogP contribution in [0.4, 0.5) is 0 Å². The number of nitrogens with one attached hydrogen (secondary N) is 1. The number of phenolic OH excluding ortho intramolecular Hbond substituents is 1. The van der Waals surface area contributed by atoms with Gasteiger partial charge in [0.1, 0.15) is 11.6 Å². The second-order valence-corrected chi connectivity index (χ2v) is 5.49. The number of amidine groups is 1. The fraction of sp³-hybridized carbons (Fsp3) is 0. The van der Waals surface area contributed by atoms with Gasteiger partial charge in [-0.15, -0.1) is 0 Å². The SMILES string of the molecule is N=C(N)c1ccc(-c2cccnc2-c2cccc(Cl)c2)cc1O. The number of nitrogens with zero attached hydrogens (tertiary/aromatic N) is 1. The van der Waals surface area contributed by atoms with Gasteiger partial charge in [0.2, 0.25) is 0 Å². The summed E-state index contributed by atoms with van der Waals surface area (Å²) < 4.78 is 0. The third kappa shape index (κ3) is 3.03. The highest BCUT2D eigenvalue weighted by Gasteiger charge is 2.12. The number of halogens is 1. The van der Waals surface area contributed by atoms with E-state index in [1.165, 1.54) is 0 Å². The number of phenols is 1. The van der Waals surface area contributed by atoms with Crippen molar-refractivity contribution in [3.63, 3.8) is 0 Å². The Bertz CT molecular complexity index is 893. The molecule has 0 bridgehead atoms. The van der Waals surface area contributed by atoms with Crippen LogP contribution in [0.1, 0.15) is 5.56 Å². The molecule has 0 unspecified atom stereocenters. The van der Waals surface area contributed by atoms with Crippen molar-refractivity contribution in [1.82, 2.24) is 4.98 Å². The Morgan fingerprint density at radius 1 is 1.04 bits per heavy atom. The van der Waals surface area contributed by atoms with Crippen molar-refractivity contribution in [2.24, 2.45) is 5.73 Å². The van der Waals surface area contributed by atoms with Gasteiger partial charge in [0.15, 0.2) is 0 Å². The van der Waals surface area contributed by atoms with Crippen LogP contribution in [0.5, 0.6) is 5.75 Å². The minimum absolute atomic E-state index is 0.0316. The van der Waals surface area contributed by atoms with Crippen molar-refractivity contribution < 1.29 is 5.11 Å². The lowest BCUT2D eigenvalue weighted by Crippen LogP contribution is -2.11. The summed E-state index contributed by atoms with van der Waals surface area (Å²) in [5, 5.41) is 18.1. The van der Waals surface area contributed by atoms with Crippen LogP contribution in [0.15, 0.2) is 60.8 Å². The van der Waals surface area contributed by atoms with Crippen molar-refractivity contribution >= 4 is 17.4 Å². The van der Waals surface area contributed by atoms with E-state index < -0.39 is 0 Å². The Balaban J connectivity index is 2.15. The molecule has 1 heterocycles. The summed E-state index contributed by atoms with van der Waals surface area (Å²) >= 11 is 6.07. The first kappa shape index (κ1) is 15.1. The van der Waals surface area contributed by atoms with Crippen molar-refractivity contribution in [1.29, 1.82) is 5.41 Å². The molecule has 3 rings (SSSR count). The molecule has 5 heteroatoms. The van der Waals surface area contributed by atoms with Gasteiger partial charge in [-0.25, -0.2) is 0 Å². The molecule has 4 nitrogen and oxygen atoms in total. The molecule has 0 aliphatic heterocycles. The van der Waals surface area contributed by atoms with Crippen LogP contribution in [0.2, 0.25) is 5.02 Å². The lowest BCUT2D eigenvalue weighted by atomic mass is 9.98. The van der Waals surface area contributed by atoms with Gasteiger partial charge >= 0.3 is 0 Å². The summed E-state index contributed by atoms with van der Waals surface area (Å²) in [4.78, 5) is 4.45. The molecule has 4 N–H and O–H groups in total. The molecular formula is C18H14ClN3O. The number of hydrogen-bond acceptors (Lipinski definition) is 3. The zero-order valence-electron chi connectivity index (χ0n) is 12.1. The highest BCUT2D eigenvalue weighted by molar-refractivity contribution is 6.30. The predicted molar refractivity (Wildman–Crippen MR) is 92.8 cm³/mol. The van der Waals surface area contributed by atoms with Gasteiger partial charge in [0.05, 0.1) is 11.3 Å². The van der Waals surface area contributed by atoms with Gasteiger partial charge in [0, 0.05) is 22.3 Å². The van der Waals surface area contributed by atoms with Gasteiger partial charge in [-0.2, -0.15) is 0 Å². The van der Waals surface area contributed by atoms with E-state index in [2.05, 4.69) is 4.98 Å². The standard InChI is InChI=1S/C18H14ClN3O/c19-13-4-1-3-12(9-13)17-14(5-2-8-22-17)11-6-7-15(18(20)21)16(23)10-11/h1-10,23H,(H3,20,21).